The molecule has 0 aliphatic rings. The largest absolute Gasteiger partial charge is 0.295 e. The second kappa shape index (κ2) is 10.5. The van der Waals surface area contributed by atoms with Crippen LogP contribution >= 0.6 is 0 Å². The fourth-order valence-electron chi connectivity index (χ4n) is 1.65. The first-order valence-corrected chi connectivity index (χ1v) is 7.03. The minimum Gasteiger partial charge on any atom is -0.295 e. The summed E-state index contributed by atoms with van der Waals surface area (Å²) in [5, 5.41) is 0. The summed E-state index contributed by atoms with van der Waals surface area (Å²) in [5.41, 5.74) is 4.15. The zero-order valence-electron chi connectivity index (χ0n) is 13.1. The molecule has 0 aliphatic heterocycles. The first-order valence-electron chi connectivity index (χ1n) is 7.03. The molecule has 0 rings (SSSR count). The molecule has 0 spiro atoms. The van der Waals surface area contributed by atoms with Gasteiger partial charge in [0.2, 0.25) is 0 Å². The number of ketones is 1. The Kier molecular flexibility index (Phi) is 9.78. The van der Waals surface area contributed by atoms with Gasteiger partial charge >= 0.3 is 0 Å². The molecule has 0 bridgehead atoms. The van der Waals surface area contributed by atoms with E-state index in [-0.39, 0.29) is 5.78 Å². The van der Waals surface area contributed by atoms with Gasteiger partial charge in [-0.3, -0.25) is 4.79 Å². The van der Waals surface area contributed by atoms with Crippen LogP contribution in [0.5, 0.6) is 0 Å². The van der Waals surface area contributed by atoms with Crippen LogP contribution in [0.4, 0.5) is 0 Å². The average Bonchev–Trinajstić information content (AvgIpc) is 2.27. The Morgan fingerprint density at radius 1 is 0.895 bits per heavy atom. The summed E-state index contributed by atoms with van der Waals surface area (Å²) >= 11 is 0. The lowest BCUT2D eigenvalue weighted by atomic mass is 10.1. The number of carbonyl (C=O) groups excluding carboxylic acids is 1. The van der Waals surface area contributed by atoms with Crippen LogP contribution in [-0.4, -0.2) is 5.78 Å². The van der Waals surface area contributed by atoms with Gasteiger partial charge in [-0.05, 0) is 66.4 Å². The van der Waals surface area contributed by atoms with Gasteiger partial charge in [-0.25, -0.2) is 0 Å². The SMILES string of the molecule is CC(=O)/C=C/C/C(C)=C/C/C=C(\C)CCC=C(C)C. The van der Waals surface area contributed by atoms with Crippen LogP contribution in [0.1, 0.15) is 60.3 Å². The molecule has 0 atom stereocenters. The molecule has 0 aromatic carbocycles. The molecule has 0 fully saturated rings. The van der Waals surface area contributed by atoms with Gasteiger partial charge in [0.05, 0.1) is 0 Å². The number of carbonyl (C=O) groups is 1. The molecule has 0 heterocycles. The van der Waals surface area contributed by atoms with Crippen LogP contribution in [0, 0.1) is 0 Å². The Bertz CT molecular complexity index is 388. The monoisotopic (exact) mass is 260 g/mol. The highest BCUT2D eigenvalue weighted by molar-refractivity contribution is 5.87. The lowest BCUT2D eigenvalue weighted by Gasteiger charge is -1.99. The predicted molar refractivity (Wildman–Crippen MR) is 85.2 cm³/mol. The van der Waals surface area contributed by atoms with Crippen LogP contribution in [0.15, 0.2) is 47.1 Å². The first kappa shape index (κ1) is 17.6. The van der Waals surface area contributed by atoms with Gasteiger partial charge in [0.25, 0.3) is 0 Å². The highest BCUT2D eigenvalue weighted by Crippen LogP contribution is 2.09. The van der Waals surface area contributed by atoms with Gasteiger partial charge in [0, 0.05) is 0 Å². The average molecular weight is 260 g/mol. The van der Waals surface area contributed by atoms with Crippen LogP contribution < -0.4 is 0 Å². The van der Waals surface area contributed by atoms with Crippen LogP contribution in [0.2, 0.25) is 0 Å². The summed E-state index contributed by atoms with van der Waals surface area (Å²) in [5.74, 6) is 0.114. The highest BCUT2D eigenvalue weighted by atomic mass is 16.1. The fourth-order valence-corrected chi connectivity index (χ4v) is 1.65. The third-order valence-electron chi connectivity index (χ3n) is 2.82. The lowest BCUT2D eigenvalue weighted by Crippen LogP contribution is -1.81. The summed E-state index contributed by atoms with van der Waals surface area (Å²) in [4.78, 5) is 10.8. The van der Waals surface area contributed by atoms with Crippen LogP contribution in [-0.2, 0) is 4.79 Å². The summed E-state index contributed by atoms with van der Waals surface area (Å²) < 4.78 is 0. The smallest absolute Gasteiger partial charge is 0.152 e. The van der Waals surface area contributed by atoms with E-state index in [9.17, 15) is 4.79 Å². The molecule has 0 saturated carbocycles. The van der Waals surface area contributed by atoms with E-state index < -0.39 is 0 Å². The predicted octanol–water partition coefficient (Wildman–Crippen LogP) is 5.55. The summed E-state index contributed by atoms with van der Waals surface area (Å²) in [6.45, 7) is 10.2. The van der Waals surface area contributed by atoms with E-state index in [0.29, 0.717) is 0 Å². The number of allylic oxidation sites excluding steroid dienone is 8. The molecule has 0 aliphatic carbocycles. The highest BCUT2D eigenvalue weighted by Gasteiger charge is 1.90. The maximum absolute atomic E-state index is 10.8. The summed E-state index contributed by atoms with van der Waals surface area (Å²) in [6, 6.07) is 0. The first-order chi connectivity index (χ1) is 8.91. The van der Waals surface area contributed by atoms with Crippen molar-refractivity contribution in [1.29, 1.82) is 0 Å². The quantitative estimate of drug-likeness (QED) is 0.413. The molecule has 106 valence electrons. The third-order valence-corrected chi connectivity index (χ3v) is 2.82. The topological polar surface area (TPSA) is 17.1 Å². The summed E-state index contributed by atoms with van der Waals surface area (Å²) in [7, 11) is 0. The molecular weight excluding hydrogens is 232 g/mol. The number of hydrogen-bond donors (Lipinski definition) is 0. The van der Waals surface area contributed by atoms with E-state index in [1.165, 1.54) is 16.7 Å². The van der Waals surface area contributed by atoms with E-state index in [1.807, 2.05) is 6.08 Å². The van der Waals surface area contributed by atoms with Crippen molar-refractivity contribution < 1.29 is 4.79 Å². The lowest BCUT2D eigenvalue weighted by molar-refractivity contribution is -0.112. The van der Waals surface area contributed by atoms with Crippen molar-refractivity contribution in [3.63, 3.8) is 0 Å². The Morgan fingerprint density at radius 2 is 1.53 bits per heavy atom. The van der Waals surface area contributed by atoms with Crippen LogP contribution in [0.25, 0.3) is 0 Å². The van der Waals surface area contributed by atoms with Crippen molar-refractivity contribution in [2.45, 2.75) is 60.3 Å². The second-order valence-corrected chi connectivity index (χ2v) is 5.37. The van der Waals surface area contributed by atoms with Crippen molar-refractivity contribution in [3.8, 4) is 0 Å². The van der Waals surface area contributed by atoms with Gasteiger partial charge in [0.15, 0.2) is 5.78 Å². The van der Waals surface area contributed by atoms with Gasteiger partial charge in [-0.15, -0.1) is 0 Å². The maximum atomic E-state index is 10.8. The maximum Gasteiger partial charge on any atom is 0.152 e. The molecule has 0 radical (unpaired) electrons. The Hall–Kier alpha value is -1.37. The van der Waals surface area contributed by atoms with Crippen molar-refractivity contribution in [3.05, 3.63) is 47.1 Å². The third kappa shape index (κ3) is 12.9. The van der Waals surface area contributed by atoms with Gasteiger partial charge < -0.3 is 0 Å². The zero-order chi connectivity index (χ0) is 14.7. The van der Waals surface area contributed by atoms with E-state index in [2.05, 4.69) is 45.9 Å². The van der Waals surface area contributed by atoms with Crippen molar-refractivity contribution in [2.75, 3.05) is 0 Å². The van der Waals surface area contributed by atoms with Gasteiger partial charge in [-0.1, -0.05) is 41.0 Å². The minimum atomic E-state index is 0.114. The van der Waals surface area contributed by atoms with Crippen molar-refractivity contribution in [1.82, 2.24) is 0 Å². The number of rotatable bonds is 8. The molecule has 1 heteroatoms. The van der Waals surface area contributed by atoms with Gasteiger partial charge in [0.1, 0.15) is 0 Å². The molecule has 0 amide bonds. The molecular formula is C18H28O. The number of hydrogen-bond acceptors (Lipinski definition) is 1. The standard InChI is InChI=1S/C18H28O/c1-15(2)9-6-10-16(3)11-7-12-17(4)13-8-14-18(5)19/h8-9,11-12,14H,6-7,10,13H2,1-5H3/b14-8+,16-11+,17-12+. The molecule has 0 aromatic rings. The van der Waals surface area contributed by atoms with Crippen molar-refractivity contribution >= 4 is 5.78 Å². The zero-order valence-corrected chi connectivity index (χ0v) is 13.1. The molecule has 0 unspecified atom stereocenters. The van der Waals surface area contributed by atoms with E-state index >= 15 is 0 Å². The van der Waals surface area contributed by atoms with Crippen LogP contribution in [0.3, 0.4) is 0 Å². The normalized spacial score (nSPS) is 12.9. The second-order valence-electron chi connectivity index (χ2n) is 5.37. The van der Waals surface area contributed by atoms with E-state index in [4.69, 9.17) is 0 Å². The Balaban J connectivity index is 4.03. The van der Waals surface area contributed by atoms with Gasteiger partial charge in [-0.2, -0.15) is 0 Å². The molecule has 1 nitrogen and oxygen atoms in total. The Morgan fingerprint density at radius 3 is 2.11 bits per heavy atom. The Labute approximate surface area is 118 Å². The fraction of sp³-hybridized carbons (Fsp3) is 0.500. The molecule has 0 N–H and O–H groups in total. The minimum absolute atomic E-state index is 0.114. The molecule has 0 saturated heterocycles. The van der Waals surface area contributed by atoms with Crippen molar-refractivity contribution in [2.24, 2.45) is 0 Å². The molecule has 0 aromatic heterocycles. The molecule has 19 heavy (non-hydrogen) atoms. The van der Waals surface area contributed by atoms with E-state index in [1.54, 1.807) is 13.0 Å². The summed E-state index contributed by atoms with van der Waals surface area (Å²) in [6.07, 6.45) is 14.5. The van der Waals surface area contributed by atoms with E-state index in [0.717, 1.165) is 25.7 Å².